The fraction of sp³-hybridized carbons (Fsp3) is 0.0625. The fourth-order valence-electron chi connectivity index (χ4n) is 2.00. The van der Waals surface area contributed by atoms with E-state index in [0.717, 1.165) is 28.5 Å². The first kappa shape index (κ1) is 14.0. The van der Waals surface area contributed by atoms with E-state index in [2.05, 4.69) is 25.3 Å². The summed E-state index contributed by atoms with van der Waals surface area (Å²) in [5, 5.41) is 5.87. The molecular weight excluding hydrogens is 296 g/mol. The zero-order valence-electron chi connectivity index (χ0n) is 11.5. The third kappa shape index (κ3) is 3.05. The van der Waals surface area contributed by atoms with Gasteiger partial charge in [0, 0.05) is 11.3 Å². The quantitative estimate of drug-likeness (QED) is 0.727. The summed E-state index contributed by atoms with van der Waals surface area (Å²) in [6.07, 6.45) is 5.35. The van der Waals surface area contributed by atoms with Crippen LogP contribution in [0.25, 0.3) is 11.0 Å². The molecular formula is C16H12N4OS. The Kier molecular flexibility index (Phi) is 3.99. The molecule has 0 saturated heterocycles. The molecule has 0 aliphatic carbocycles. The number of amides is 1. The highest BCUT2D eigenvalue weighted by atomic mass is 32.1. The van der Waals surface area contributed by atoms with Gasteiger partial charge in [-0.05, 0) is 30.3 Å². The lowest BCUT2D eigenvalue weighted by Crippen LogP contribution is -2.21. The highest BCUT2D eigenvalue weighted by Crippen LogP contribution is 2.21. The molecule has 3 rings (SSSR count). The first-order valence-corrected chi connectivity index (χ1v) is 7.31. The van der Waals surface area contributed by atoms with E-state index in [1.807, 2.05) is 36.4 Å². The Morgan fingerprint density at radius 3 is 2.95 bits per heavy atom. The number of rotatable bonds is 4. The van der Waals surface area contributed by atoms with Gasteiger partial charge in [-0.2, -0.15) is 8.75 Å². The third-order valence-electron chi connectivity index (χ3n) is 3.04. The van der Waals surface area contributed by atoms with Crippen LogP contribution >= 0.6 is 11.7 Å². The van der Waals surface area contributed by atoms with E-state index in [9.17, 15) is 4.79 Å². The van der Waals surface area contributed by atoms with E-state index in [0.29, 0.717) is 11.2 Å². The van der Waals surface area contributed by atoms with Crippen molar-refractivity contribution in [3.63, 3.8) is 0 Å². The summed E-state index contributed by atoms with van der Waals surface area (Å²) in [6.45, 7) is 0.141. The van der Waals surface area contributed by atoms with Gasteiger partial charge in [0.25, 0.3) is 0 Å². The van der Waals surface area contributed by atoms with Crippen LogP contribution in [0.2, 0.25) is 0 Å². The van der Waals surface area contributed by atoms with Crippen molar-refractivity contribution in [1.82, 2.24) is 8.75 Å². The number of nitrogens with one attached hydrogen (secondary N) is 2. The number of carbonyl (C=O) groups excluding carboxylic acids is 1. The number of anilines is 2. The van der Waals surface area contributed by atoms with Crippen LogP contribution < -0.4 is 10.6 Å². The summed E-state index contributed by atoms with van der Waals surface area (Å²) in [6, 6.07) is 12.9. The van der Waals surface area contributed by atoms with Gasteiger partial charge < -0.3 is 10.6 Å². The molecule has 22 heavy (non-hydrogen) atoms. The first-order valence-electron chi connectivity index (χ1n) is 6.58. The van der Waals surface area contributed by atoms with Crippen LogP contribution in [-0.4, -0.2) is 21.2 Å². The maximum absolute atomic E-state index is 12.0. The Morgan fingerprint density at radius 2 is 2.09 bits per heavy atom. The Balaban J connectivity index is 1.65. The van der Waals surface area contributed by atoms with Gasteiger partial charge in [-0.25, -0.2) is 0 Å². The second kappa shape index (κ2) is 6.24. The van der Waals surface area contributed by atoms with Crippen molar-refractivity contribution >= 4 is 40.0 Å². The zero-order chi connectivity index (χ0) is 15.4. The zero-order valence-corrected chi connectivity index (χ0v) is 12.4. The van der Waals surface area contributed by atoms with Crippen molar-refractivity contribution in [3.05, 3.63) is 48.0 Å². The number of benzene rings is 2. The maximum Gasteiger partial charge on any atom is 0.243 e. The second-order valence-electron chi connectivity index (χ2n) is 4.56. The molecule has 1 amide bonds. The van der Waals surface area contributed by atoms with Gasteiger partial charge in [-0.3, -0.25) is 4.79 Å². The van der Waals surface area contributed by atoms with Crippen LogP contribution in [0.1, 0.15) is 5.56 Å². The van der Waals surface area contributed by atoms with E-state index < -0.39 is 0 Å². The van der Waals surface area contributed by atoms with Gasteiger partial charge in [0.1, 0.15) is 11.0 Å². The van der Waals surface area contributed by atoms with Crippen molar-refractivity contribution in [2.24, 2.45) is 0 Å². The first-order chi connectivity index (χ1) is 10.8. The van der Waals surface area contributed by atoms with Crippen molar-refractivity contribution in [2.75, 3.05) is 17.2 Å². The molecule has 0 atom stereocenters. The topological polar surface area (TPSA) is 66.9 Å². The third-order valence-corrected chi connectivity index (χ3v) is 3.58. The molecule has 0 spiro atoms. The lowest BCUT2D eigenvalue weighted by Gasteiger charge is -2.08. The standard InChI is InChI=1S/C16H12N4OS/c1-2-11-5-3-6-12(9-11)17-10-15(21)18-13-7-4-8-14-16(13)20-22-19-14/h1,3-9,17H,10H2,(H,18,21). The molecule has 0 aliphatic rings. The largest absolute Gasteiger partial charge is 0.376 e. The van der Waals surface area contributed by atoms with Crippen LogP contribution in [0.15, 0.2) is 42.5 Å². The number of fused-ring (bicyclic) bond motifs is 1. The molecule has 0 aliphatic heterocycles. The van der Waals surface area contributed by atoms with Crippen LogP contribution in [-0.2, 0) is 4.79 Å². The Hall–Kier alpha value is -2.91. The van der Waals surface area contributed by atoms with E-state index >= 15 is 0 Å². The van der Waals surface area contributed by atoms with Crippen molar-refractivity contribution in [2.45, 2.75) is 0 Å². The predicted molar refractivity (Wildman–Crippen MR) is 88.9 cm³/mol. The van der Waals surface area contributed by atoms with Crippen LogP contribution in [0.5, 0.6) is 0 Å². The van der Waals surface area contributed by atoms with Crippen molar-refractivity contribution in [1.29, 1.82) is 0 Å². The Labute approximate surface area is 131 Å². The van der Waals surface area contributed by atoms with E-state index in [-0.39, 0.29) is 12.5 Å². The molecule has 6 heteroatoms. The number of nitrogens with zero attached hydrogens (tertiary/aromatic N) is 2. The molecule has 0 fully saturated rings. The minimum absolute atomic E-state index is 0.141. The highest BCUT2D eigenvalue weighted by molar-refractivity contribution is 7.00. The summed E-state index contributed by atoms with van der Waals surface area (Å²) >= 11 is 1.12. The summed E-state index contributed by atoms with van der Waals surface area (Å²) in [5.41, 5.74) is 3.71. The minimum atomic E-state index is -0.161. The Bertz CT molecular complexity index is 866. The van der Waals surface area contributed by atoms with Crippen LogP contribution in [0.3, 0.4) is 0 Å². The van der Waals surface area contributed by atoms with Gasteiger partial charge in [0.15, 0.2) is 0 Å². The van der Waals surface area contributed by atoms with Gasteiger partial charge in [0.2, 0.25) is 5.91 Å². The summed E-state index contributed by atoms with van der Waals surface area (Å²) in [4.78, 5) is 12.0. The smallest absolute Gasteiger partial charge is 0.243 e. The highest BCUT2D eigenvalue weighted by Gasteiger charge is 2.08. The molecule has 0 bridgehead atoms. The maximum atomic E-state index is 12.0. The molecule has 0 radical (unpaired) electrons. The van der Waals surface area contributed by atoms with Gasteiger partial charge in [-0.1, -0.05) is 18.1 Å². The SMILES string of the molecule is C#Cc1cccc(NCC(=O)Nc2cccc3nsnc23)c1. The summed E-state index contributed by atoms with van der Waals surface area (Å²) in [7, 11) is 0. The summed E-state index contributed by atoms with van der Waals surface area (Å²) in [5.74, 6) is 2.40. The number of hydrogen-bond donors (Lipinski definition) is 2. The van der Waals surface area contributed by atoms with Gasteiger partial charge in [0.05, 0.1) is 24.0 Å². The molecule has 1 aromatic heterocycles. The normalized spacial score (nSPS) is 10.1. The number of carbonyl (C=O) groups is 1. The number of aromatic nitrogens is 2. The van der Waals surface area contributed by atoms with Gasteiger partial charge >= 0.3 is 0 Å². The molecule has 1 heterocycles. The fourth-order valence-corrected chi connectivity index (χ4v) is 2.55. The van der Waals surface area contributed by atoms with E-state index in [4.69, 9.17) is 6.42 Å². The van der Waals surface area contributed by atoms with Crippen molar-refractivity contribution < 1.29 is 4.79 Å². The molecule has 2 N–H and O–H groups in total. The predicted octanol–water partition coefficient (Wildman–Crippen LogP) is 2.72. The molecule has 5 nitrogen and oxygen atoms in total. The molecule has 0 unspecified atom stereocenters. The average Bonchev–Trinajstić information content (AvgIpc) is 3.03. The molecule has 108 valence electrons. The average molecular weight is 308 g/mol. The Morgan fingerprint density at radius 1 is 1.23 bits per heavy atom. The monoisotopic (exact) mass is 308 g/mol. The molecule has 3 aromatic rings. The van der Waals surface area contributed by atoms with E-state index in [1.165, 1.54) is 0 Å². The van der Waals surface area contributed by atoms with E-state index in [1.54, 1.807) is 6.07 Å². The van der Waals surface area contributed by atoms with Gasteiger partial charge in [-0.15, -0.1) is 6.42 Å². The second-order valence-corrected chi connectivity index (χ2v) is 5.09. The van der Waals surface area contributed by atoms with Crippen LogP contribution in [0, 0.1) is 12.3 Å². The van der Waals surface area contributed by atoms with Crippen molar-refractivity contribution in [3.8, 4) is 12.3 Å². The lowest BCUT2D eigenvalue weighted by molar-refractivity contribution is -0.114. The number of terminal acetylenes is 1. The molecule has 0 saturated carbocycles. The minimum Gasteiger partial charge on any atom is -0.376 e. The lowest BCUT2D eigenvalue weighted by atomic mass is 10.2. The number of hydrogen-bond acceptors (Lipinski definition) is 5. The molecule has 2 aromatic carbocycles. The summed E-state index contributed by atoms with van der Waals surface area (Å²) < 4.78 is 8.33. The van der Waals surface area contributed by atoms with Crippen LogP contribution in [0.4, 0.5) is 11.4 Å².